The fraction of sp³-hybridized carbons (Fsp3) is 0.368. The highest BCUT2D eigenvalue weighted by Crippen LogP contribution is 2.41. The van der Waals surface area contributed by atoms with Crippen LogP contribution in [0.2, 0.25) is 0 Å². The highest BCUT2D eigenvalue weighted by atomic mass is 35.5. The van der Waals surface area contributed by atoms with E-state index < -0.39 is 0 Å². The number of nitrogens with one attached hydrogen (secondary N) is 1. The molecule has 0 unspecified atom stereocenters. The minimum absolute atomic E-state index is 0.695. The highest BCUT2D eigenvalue weighted by molar-refractivity contribution is 7.16. The molecule has 1 aromatic carbocycles. The number of alkyl halides is 1. The van der Waals surface area contributed by atoms with E-state index in [1.54, 1.807) is 0 Å². The third kappa shape index (κ3) is 2.83. The summed E-state index contributed by atoms with van der Waals surface area (Å²) in [5.74, 6) is 0. The molecule has 0 atom stereocenters. The number of likely N-dealkylation sites (N-methyl/N-ethyl adjacent to an activating group) is 1. The van der Waals surface area contributed by atoms with Crippen molar-refractivity contribution in [3.8, 4) is 0 Å². The zero-order chi connectivity index (χ0) is 16.7. The molecule has 0 saturated carbocycles. The van der Waals surface area contributed by atoms with Crippen LogP contribution >= 0.6 is 22.9 Å². The predicted molar refractivity (Wildman–Crippen MR) is 105 cm³/mol. The third-order valence-electron chi connectivity index (χ3n) is 5.08. The number of aryl methyl sites for hydroxylation is 1. The van der Waals surface area contributed by atoms with Crippen LogP contribution in [-0.4, -0.2) is 48.6 Å². The molecule has 2 aliphatic rings. The normalized spacial score (nSPS) is 19.0. The van der Waals surface area contributed by atoms with Gasteiger partial charge in [0.2, 0.25) is 0 Å². The van der Waals surface area contributed by atoms with Crippen LogP contribution in [0, 0.1) is 6.92 Å². The van der Waals surface area contributed by atoms with Crippen molar-refractivity contribution in [1.82, 2.24) is 4.90 Å². The number of hydrogen-bond donors (Lipinski definition) is 1. The highest BCUT2D eigenvalue weighted by Gasteiger charge is 2.30. The van der Waals surface area contributed by atoms with Crippen LogP contribution in [0.1, 0.15) is 16.0 Å². The van der Waals surface area contributed by atoms with E-state index in [1.807, 2.05) is 11.3 Å². The molecule has 1 N–H and O–H groups in total. The quantitative estimate of drug-likeness (QED) is 0.479. The first-order chi connectivity index (χ1) is 11.6. The van der Waals surface area contributed by atoms with Crippen molar-refractivity contribution < 1.29 is 4.48 Å². The Morgan fingerprint density at radius 1 is 1.25 bits per heavy atom. The smallest absolute Gasteiger partial charge is 0.154 e. The van der Waals surface area contributed by atoms with Crippen LogP contribution in [0.25, 0.3) is 11.8 Å². The molecule has 1 fully saturated rings. The Labute approximate surface area is 152 Å². The van der Waals surface area contributed by atoms with E-state index >= 15 is 0 Å². The zero-order valence-corrected chi connectivity index (χ0v) is 15.8. The predicted octanol–water partition coefficient (Wildman–Crippen LogP) is 4.57. The molecule has 0 radical (unpaired) electrons. The summed E-state index contributed by atoms with van der Waals surface area (Å²) in [6, 6.07) is 11.6. The maximum absolute atomic E-state index is 6.16. The Balaban J connectivity index is 1.74. The average molecular weight is 361 g/mol. The van der Waals surface area contributed by atoms with Crippen LogP contribution in [0.3, 0.4) is 0 Å². The van der Waals surface area contributed by atoms with Gasteiger partial charge in [-0.15, -0.1) is 11.3 Å². The number of halogens is 1. The van der Waals surface area contributed by atoms with Crippen LogP contribution in [0.5, 0.6) is 0 Å². The second kappa shape index (κ2) is 6.10. The van der Waals surface area contributed by atoms with E-state index in [1.165, 1.54) is 32.4 Å². The molecule has 2 aromatic rings. The molecular weight excluding hydrogens is 338 g/mol. The number of nitrogens with zero attached hydrogens (tertiary/aromatic N) is 2. The van der Waals surface area contributed by atoms with Crippen molar-refractivity contribution >= 4 is 45.4 Å². The Morgan fingerprint density at radius 3 is 2.75 bits per heavy atom. The van der Waals surface area contributed by atoms with Gasteiger partial charge in [0.05, 0.1) is 33.2 Å². The topological polar surface area (TPSA) is 15.3 Å². The van der Waals surface area contributed by atoms with Crippen molar-refractivity contribution in [1.29, 1.82) is 0 Å². The number of thiophene rings is 1. The van der Waals surface area contributed by atoms with E-state index in [-0.39, 0.29) is 0 Å². The van der Waals surface area contributed by atoms with Crippen LogP contribution in [-0.2, 0) is 0 Å². The molecule has 1 aromatic heterocycles. The Kier molecular flexibility index (Phi) is 4.07. The molecule has 3 heterocycles. The van der Waals surface area contributed by atoms with Gasteiger partial charge < -0.3 is 14.7 Å². The summed E-state index contributed by atoms with van der Waals surface area (Å²) in [5, 5.41) is 4.89. The summed E-state index contributed by atoms with van der Waals surface area (Å²) in [5.41, 5.74) is 5.12. The van der Waals surface area contributed by atoms with Gasteiger partial charge in [0.15, 0.2) is 6.00 Å². The van der Waals surface area contributed by atoms with Gasteiger partial charge in [-0.2, -0.15) is 0 Å². The number of quaternary nitrogens is 1. The summed E-state index contributed by atoms with van der Waals surface area (Å²) in [4.78, 5) is 3.87. The number of piperazine rings is 1. The number of fused-ring (bicyclic) bond motifs is 2. The largest absolute Gasteiger partial charge is 0.360 e. The minimum atomic E-state index is 0.695. The van der Waals surface area contributed by atoms with E-state index in [9.17, 15) is 0 Å². The monoisotopic (exact) mass is 360 g/mol. The van der Waals surface area contributed by atoms with Crippen molar-refractivity contribution in [3.05, 3.63) is 46.3 Å². The lowest BCUT2D eigenvalue weighted by Gasteiger charge is -2.42. The molecule has 2 aliphatic heterocycles. The van der Waals surface area contributed by atoms with Crippen molar-refractivity contribution in [2.75, 3.05) is 44.5 Å². The Bertz CT molecular complexity index is 788. The summed E-state index contributed by atoms with van der Waals surface area (Å²) >= 11 is 8.00. The molecule has 1 saturated heterocycles. The summed E-state index contributed by atoms with van der Waals surface area (Å²) in [7, 11) is 2.25. The van der Waals surface area contributed by atoms with Gasteiger partial charge in [0.25, 0.3) is 0 Å². The molecule has 3 nitrogen and oxygen atoms in total. The number of hydrogen-bond acceptors (Lipinski definition) is 3. The first-order valence-electron chi connectivity index (χ1n) is 8.41. The molecule has 0 spiro atoms. The van der Waals surface area contributed by atoms with E-state index in [4.69, 9.17) is 11.6 Å². The standard InChI is InChI=1S/C19H23ClN3S/c1-14-11-16-18(22-7-9-23(2,13-20)10-8-22)12-15-5-3-4-6-17(15)21-19(16)24-14/h3-6,11-12,21H,7-10,13H2,1-2H3/q+1. The lowest BCUT2D eigenvalue weighted by Crippen LogP contribution is -2.55. The summed E-state index contributed by atoms with van der Waals surface area (Å²) in [6.07, 6.45) is 2.34. The van der Waals surface area contributed by atoms with E-state index in [0.717, 1.165) is 30.7 Å². The lowest BCUT2D eigenvalue weighted by atomic mass is 10.1. The van der Waals surface area contributed by atoms with Gasteiger partial charge in [-0.25, -0.2) is 0 Å². The number of benzene rings is 1. The van der Waals surface area contributed by atoms with Crippen LogP contribution in [0.15, 0.2) is 30.3 Å². The van der Waals surface area contributed by atoms with Gasteiger partial charge in [0.1, 0.15) is 5.00 Å². The summed E-state index contributed by atoms with van der Waals surface area (Å²) in [6.45, 7) is 6.46. The zero-order valence-electron chi connectivity index (χ0n) is 14.2. The van der Waals surface area contributed by atoms with Gasteiger partial charge in [-0.1, -0.05) is 29.8 Å². The van der Waals surface area contributed by atoms with E-state index in [0.29, 0.717) is 6.00 Å². The molecule has 5 heteroatoms. The van der Waals surface area contributed by atoms with Gasteiger partial charge in [-0.3, -0.25) is 0 Å². The Hall–Kier alpha value is -1.49. The van der Waals surface area contributed by atoms with Crippen LogP contribution < -0.4 is 5.32 Å². The molecule has 24 heavy (non-hydrogen) atoms. The van der Waals surface area contributed by atoms with Crippen molar-refractivity contribution in [3.63, 3.8) is 0 Å². The van der Waals surface area contributed by atoms with Gasteiger partial charge >= 0.3 is 0 Å². The van der Waals surface area contributed by atoms with Crippen LogP contribution in [0.4, 0.5) is 10.7 Å². The molecule has 126 valence electrons. The maximum atomic E-state index is 6.16. The number of para-hydroxylation sites is 1. The average Bonchev–Trinajstić information content (AvgIpc) is 2.88. The second-order valence-corrected chi connectivity index (χ2v) is 8.51. The van der Waals surface area contributed by atoms with Crippen molar-refractivity contribution in [2.45, 2.75) is 6.92 Å². The number of rotatable bonds is 2. The Morgan fingerprint density at radius 2 is 2.00 bits per heavy atom. The third-order valence-corrected chi connectivity index (χ3v) is 6.62. The SMILES string of the molecule is Cc1cc2c(s1)Nc1ccccc1C=C2N1CC[N+](C)(CCl)CC1. The molecule has 0 aliphatic carbocycles. The maximum Gasteiger partial charge on any atom is 0.154 e. The van der Waals surface area contributed by atoms with Crippen molar-refractivity contribution in [2.24, 2.45) is 0 Å². The number of anilines is 2. The first-order valence-corrected chi connectivity index (χ1v) is 9.76. The molecule has 4 rings (SSSR count). The van der Waals surface area contributed by atoms with Gasteiger partial charge in [-0.05, 0) is 25.1 Å². The lowest BCUT2D eigenvalue weighted by molar-refractivity contribution is -0.902. The first kappa shape index (κ1) is 16.0. The molecular formula is C19H23ClN3S+. The second-order valence-electron chi connectivity index (χ2n) is 7.01. The fourth-order valence-corrected chi connectivity index (χ4v) is 4.62. The van der Waals surface area contributed by atoms with Gasteiger partial charge in [0, 0.05) is 27.4 Å². The van der Waals surface area contributed by atoms with E-state index in [2.05, 4.69) is 60.6 Å². The summed E-state index contributed by atoms with van der Waals surface area (Å²) < 4.78 is 0.954. The molecule has 0 bridgehead atoms. The fourth-order valence-electron chi connectivity index (χ4n) is 3.45. The minimum Gasteiger partial charge on any atom is -0.360 e. The molecule has 0 amide bonds.